The van der Waals surface area contributed by atoms with Crippen LogP contribution in [0.15, 0.2) is 12.1 Å². The van der Waals surface area contributed by atoms with Crippen LogP contribution in [0.2, 0.25) is 0 Å². The number of hydrogen-bond acceptors (Lipinski definition) is 3. The second-order valence-electron chi connectivity index (χ2n) is 3.50. The van der Waals surface area contributed by atoms with E-state index >= 15 is 0 Å². The highest BCUT2D eigenvalue weighted by atomic mass is 79.9. The number of halogens is 3. The Morgan fingerprint density at radius 3 is 2.24 bits per heavy atom. The predicted molar refractivity (Wildman–Crippen MR) is 64.2 cm³/mol. The van der Waals surface area contributed by atoms with Crippen LogP contribution in [0.25, 0.3) is 0 Å². The molecule has 0 radical (unpaired) electrons. The van der Waals surface area contributed by atoms with E-state index in [0.717, 1.165) is 18.4 Å². The standard InChI is InChI=1S/C10H11BrF2O3S/c1-17(14,15)3-2-16-10-8(12)4-7(6-11)5-9(10)13/h4-5H,2-3,6H2,1H3. The summed E-state index contributed by atoms with van der Waals surface area (Å²) >= 11 is 3.08. The van der Waals surface area contributed by atoms with Crippen LogP contribution in [0.4, 0.5) is 8.78 Å². The lowest BCUT2D eigenvalue weighted by Crippen LogP contribution is -2.13. The molecule has 0 amide bonds. The first-order valence-electron chi connectivity index (χ1n) is 4.68. The van der Waals surface area contributed by atoms with Gasteiger partial charge in [-0.15, -0.1) is 0 Å². The highest BCUT2D eigenvalue weighted by Gasteiger charge is 2.13. The minimum Gasteiger partial charge on any atom is -0.487 e. The van der Waals surface area contributed by atoms with Gasteiger partial charge in [0.25, 0.3) is 0 Å². The van der Waals surface area contributed by atoms with E-state index in [1.807, 2.05) is 0 Å². The molecule has 17 heavy (non-hydrogen) atoms. The summed E-state index contributed by atoms with van der Waals surface area (Å²) < 4.78 is 53.2. The summed E-state index contributed by atoms with van der Waals surface area (Å²) in [5.41, 5.74) is 0.440. The van der Waals surface area contributed by atoms with Gasteiger partial charge in [0.2, 0.25) is 0 Å². The maximum Gasteiger partial charge on any atom is 0.190 e. The number of ether oxygens (including phenoxy) is 1. The lowest BCUT2D eigenvalue weighted by molar-refractivity contribution is 0.303. The van der Waals surface area contributed by atoms with Crippen molar-refractivity contribution in [2.45, 2.75) is 5.33 Å². The molecule has 0 spiro atoms. The van der Waals surface area contributed by atoms with Gasteiger partial charge < -0.3 is 4.74 Å². The molecule has 0 bridgehead atoms. The third-order valence-corrected chi connectivity index (χ3v) is 3.47. The van der Waals surface area contributed by atoms with Gasteiger partial charge in [-0.05, 0) is 17.7 Å². The average molecular weight is 329 g/mol. The van der Waals surface area contributed by atoms with E-state index < -0.39 is 27.2 Å². The number of alkyl halides is 1. The summed E-state index contributed by atoms with van der Waals surface area (Å²) in [6.45, 7) is -0.277. The number of benzene rings is 1. The molecule has 96 valence electrons. The fourth-order valence-electron chi connectivity index (χ4n) is 1.12. The fraction of sp³-hybridized carbons (Fsp3) is 0.400. The van der Waals surface area contributed by atoms with E-state index in [-0.39, 0.29) is 12.4 Å². The van der Waals surface area contributed by atoms with Crippen LogP contribution in [-0.4, -0.2) is 27.0 Å². The number of hydrogen-bond donors (Lipinski definition) is 0. The smallest absolute Gasteiger partial charge is 0.190 e. The third kappa shape index (κ3) is 4.59. The molecule has 0 aliphatic carbocycles. The summed E-state index contributed by atoms with van der Waals surface area (Å²) in [6.07, 6.45) is 1.02. The van der Waals surface area contributed by atoms with E-state index in [1.165, 1.54) is 0 Å². The van der Waals surface area contributed by atoms with Gasteiger partial charge in [-0.3, -0.25) is 0 Å². The van der Waals surface area contributed by atoms with Gasteiger partial charge >= 0.3 is 0 Å². The topological polar surface area (TPSA) is 43.4 Å². The molecule has 1 aromatic rings. The Labute approximate surface area is 107 Å². The van der Waals surface area contributed by atoms with Crippen molar-refractivity contribution in [1.29, 1.82) is 0 Å². The molecule has 7 heteroatoms. The van der Waals surface area contributed by atoms with Crippen molar-refractivity contribution in [2.75, 3.05) is 18.6 Å². The zero-order chi connectivity index (χ0) is 13.1. The van der Waals surface area contributed by atoms with Crippen molar-refractivity contribution in [3.05, 3.63) is 29.3 Å². The highest BCUT2D eigenvalue weighted by molar-refractivity contribution is 9.08. The van der Waals surface area contributed by atoms with Crippen molar-refractivity contribution < 1.29 is 21.9 Å². The fourth-order valence-corrected chi connectivity index (χ4v) is 1.83. The lowest BCUT2D eigenvalue weighted by atomic mass is 10.2. The lowest BCUT2D eigenvalue weighted by Gasteiger charge is -2.08. The van der Waals surface area contributed by atoms with Gasteiger partial charge in [-0.25, -0.2) is 17.2 Å². The van der Waals surface area contributed by atoms with E-state index in [1.54, 1.807) is 0 Å². The van der Waals surface area contributed by atoms with Crippen LogP contribution in [0.5, 0.6) is 5.75 Å². The van der Waals surface area contributed by atoms with Crippen molar-refractivity contribution in [3.8, 4) is 5.75 Å². The summed E-state index contributed by atoms with van der Waals surface area (Å²) in [6, 6.07) is 2.27. The molecular weight excluding hydrogens is 318 g/mol. The molecule has 3 nitrogen and oxygen atoms in total. The minimum absolute atomic E-state index is 0.277. The average Bonchev–Trinajstić information content (AvgIpc) is 2.20. The Hall–Kier alpha value is -0.690. The van der Waals surface area contributed by atoms with Gasteiger partial charge in [-0.1, -0.05) is 15.9 Å². The van der Waals surface area contributed by atoms with Crippen molar-refractivity contribution in [1.82, 2.24) is 0 Å². The molecule has 1 rings (SSSR count). The van der Waals surface area contributed by atoms with Gasteiger partial charge in [0, 0.05) is 11.6 Å². The quantitative estimate of drug-likeness (QED) is 0.779. The van der Waals surface area contributed by atoms with E-state index in [4.69, 9.17) is 4.74 Å². The first-order chi connectivity index (χ1) is 7.83. The molecule has 0 aliphatic heterocycles. The monoisotopic (exact) mass is 328 g/mol. The van der Waals surface area contributed by atoms with Crippen LogP contribution in [0, 0.1) is 11.6 Å². The van der Waals surface area contributed by atoms with Gasteiger partial charge in [0.15, 0.2) is 27.2 Å². The Kier molecular flexibility index (Phi) is 4.88. The largest absolute Gasteiger partial charge is 0.487 e. The number of sulfone groups is 1. The first kappa shape index (κ1) is 14.4. The molecule has 0 fully saturated rings. The Bertz CT molecular complexity index is 479. The highest BCUT2D eigenvalue weighted by Crippen LogP contribution is 2.24. The summed E-state index contributed by atoms with van der Waals surface area (Å²) in [7, 11) is -3.21. The van der Waals surface area contributed by atoms with Gasteiger partial charge in [0.1, 0.15) is 6.61 Å². The van der Waals surface area contributed by atoms with Gasteiger partial charge in [0.05, 0.1) is 5.75 Å². The van der Waals surface area contributed by atoms with Crippen LogP contribution in [0.3, 0.4) is 0 Å². The first-order valence-corrected chi connectivity index (χ1v) is 7.86. The van der Waals surface area contributed by atoms with E-state index in [2.05, 4.69) is 15.9 Å². The van der Waals surface area contributed by atoms with Crippen LogP contribution in [-0.2, 0) is 15.2 Å². The molecule has 0 heterocycles. The van der Waals surface area contributed by atoms with Crippen molar-refractivity contribution in [2.24, 2.45) is 0 Å². The number of rotatable bonds is 5. The van der Waals surface area contributed by atoms with E-state index in [0.29, 0.717) is 10.9 Å². The Morgan fingerprint density at radius 2 is 1.82 bits per heavy atom. The zero-order valence-electron chi connectivity index (χ0n) is 9.04. The summed E-state index contributed by atoms with van der Waals surface area (Å²) in [5, 5.41) is 0.324. The predicted octanol–water partition coefficient (Wildman–Crippen LogP) is 2.28. The maximum absolute atomic E-state index is 13.4. The molecular formula is C10H11BrF2O3S. The van der Waals surface area contributed by atoms with Crippen molar-refractivity contribution >= 4 is 25.8 Å². The van der Waals surface area contributed by atoms with Crippen LogP contribution >= 0.6 is 15.9 Å². The molecule has 0 aromatic heterocycles. The molecule has 0 saturated carbocycles. The Morgan fingerprint density at radius 1 is 1.29 bits per heavy atom. The molecule has 0 N–H and O–H groups in total. The van der Waals surface area contributed by atoms with E-state index in [9.17, 15) is 17.2 Å². The SMILES string of the molecule is CS(=O)(=O)CCOc1c(F)cc(CBr)cc1F. The normalized spacial score (nSPS) is 11.5. The summed E-state index contributed by atoms with van der Waals surface area (Å²) in [5.74, 6) is -2.51. The van der Waals surface area contributed by atoms with Crippen LogP contribution < -0.4 is 4.74 Å². The zero-order valence-corrected chi connectivity index (χ0v) is 11.4. The molecule has 0 aliphatic rings. The minimum atomic E-state index is -3.21. The maximum atomic E-state index is 13.4. The second kappa shape index (κ2) is 5.77. The summed E-state index contributed by atoms with van der Waals surface area (Å²) in [4.78, 5) is 0. The second-order valence-corrected chi connectivity index (χ2v) is 6.32. The van der Waals surface area contributed by atoms with Crippen molar-refractivity contribution in [3.63, 3.8) is 0 Å². The van der Waals surface area contributed by atoms with Gasteiger partial charge in [-0.2, -0.15) is 0 Å². The molecule has 0 saturated heterocycles. The molecule has 0 atom stereocenters. The molecule has 1 aromatic carbocycles. The third-order valence-electron chi connectivity index (χ3n) is 1.91. The Balaban J connectivity index is 2.78. The molecule has 0 unspecified atom stereocenters. The van der Waals surface area contributed by atoms with Crippen LogP contribution in [0.1, 0.15) is 5.56 Å².